The topological polar surface area (TPSA) is 32.3 Å². The number of rotatable bonds is 4. The molecule has 0 bridgehead atoms. The molecule has 2 rings (SSSR count). The van der Waals surface area contributed by atoms with Crippen molar-refractivity contribution in [1.29, 1.82) is 0 Å². The summed E-state index contributed by atoms with van der Waals surface area (Å²) in [7, 11) is 0. The molecule has 1 aliphatic heterocycles. The smallest absolute Gasteiger partial charge is 0.236 e. The van der Waals surface area contributed by atoms with E-state index in [2.05, 4.69) is 24.1 Å². The van der Waals surface area contributed by atoms with E-state index in [-0.39, 0.29) is 0 Å². The van der Waals surface area contributed by atoms with Crippen molar-refractivity contribution in [3.63, 3.8) is 0 Å². The molecule has 1 unspecified atom stereocenters. The third-order valence-electron chi connectivity index (χ3n) is 4.29. The Labute approximate surface area is 105 Å². The fraction of sp³-hybridized carbons (Fsp3) is 0.929. The Bertz CT molecular complexity index is 259. The van der Waals surface area contributed by atoms with Gasteiger partial charge in [0, 0.05) is 18.6 Å². The lowest BCUT2D eigenvalue weighted by Crippen LogP contribution is -2.44. The Morgan fingerprint density at radius 3 is 2.59 bits per heavy atom. The van der Waals surface area contributed by atoms with Crippen LogP contribution in [0.25, 0.3) is 0 Å². The van der Waals surface area contributed by atoms with Crippen LogP contribution in [0.5, 0.6) is 0 Å². The minimum absolute atomic E-state index is 0.313. The third kappa shape index (κ3) is 3.21. The first-order valence-electron chi connectivity index (χ1n) is 7.21. The maximum atomic E-state index is 12.2. The van der Waals surface area contributed by atoms with Crippen LogP contribution in [0.2, 0.25) is 0 Å². The number of carbonyl (C=O) groups excluding carboxylic acids is 1. The number of nitrogens with one attached hydrogen (secondary N) is 1. The van der Waals surface area contributed by atoms with Crippen LogP contribution in [0.4, 0.5) is 0 Å². The van der Waals surface area contributed by atoms with Gasteiger partial charge in [0.15, 0.2) is 0 Å². The monoisotopic (exact) mass is 238 g/mol. The molecule has 3 nitrogen and oxygen atoms in total. The van der Waals surface area contributed by atoms with E-state index in [1.165, 1.54) is 38.5 Å². The Morgan fingerprint density at radius 1 is 1.24 bits per heavy atom. The summed E-state index contributed by atoms with van der Waals surface area (Å²) in [6.45, 7) is 5.96. The summed E-state index contributed by atoms with van der Waals surface area (Å²) < 4.78 is 0. The van der Waals surface area contributed by atoms with Crippen LogP contribution < -0.4 is 5.32 Å². The lowest BCUT2D eigenvalue weighted by Gasteiger charge is -2.28. The molecule has 3 heteroatoms. The van der Waals surface area contributed by atoms with Gasteiger partial charge in [-0.05, 0) is 31.6 Å². The van der Waals surface area contributed by atoms with Gasteiger partial charge >= 0.3 is 0 Å². The summed E-state index contributed by atoms with van der Waals surface area (Å²) in [6.07, 6.45) is 7.51. The van der Waals surface area contributed by atoms with Gasteiger partial charge in [0.2, 0.25) is 5.91 Å². The van der Waals surface area contributed by atoms with Crippen molar-refractivity contribution in [3.05, 3.63) is 0 Å². The van der Waals surface area contributed by atoms with Crippen molar-refractivity contribution >= 4 is 5.91 Å². The van der Waals surface area contributed by atoms with Crippen LogP contribution in [-0.4, -0.2) is 36.0 Å². The molecular formula is C14H26N2O. The molecule has 2 aliphatic rings. The van der Waals surface area contributed by atoms with Gasteiger partial charge in [0.1, 0.15) is 0 Å². The van der Waals surface area contributed by atoms with Gasteiger partial charge < -0.3 is 10.2 Å². The Morgan fingerprint density at radius 2 is 1.94 bits per heavy atom. The van der Waals surface area contributed by atoms with Crippen molar-refractivity contribution in [2.75, 3.05) is 13.1 Å². The van der Waals surface area contributed by atoms with E-state index in [0.29, 0.717) is 30.5 Å². The van der Waals surface area contributed by atoms with E-state index in [9.17, 15) is 4.79 Å². The van der Waals surface area contributed by atoms with Crippen LogP contribution in [-0.2, 0) is 4.79 Å². The Balaban J connectivity index is 1.78. The van der Waals surface area contributed by atoms with Crippen molar-refractivity contribution in [2.24, 2.45) is 5.92 Å². The fourth-order valence-corrected chi connectivity index (χ4v) is 3.26. The van der Waals surface area contributed by atoms with E-state index >= 15 is 0 Å². The molecule has 1 amide bonds. The summed E-state index contributed by atoms with van der Waals surface area (Å²) in [6, 6.07) is 1.08. The van der Waals surface area contributed by atoms with Gasteiger partial charge in [0.25, 0.3) is 0 Å². The number of hydrogen-bond donors (Lipinski definition) is 1. The minimum Gasteiger partial charge on any atom is -0.338 e. The number of likely N-dealkylation sites (tertiary alicyclic amines) is 1. The van der Waals surface area contributed by atoms with Gasteiger partial charge in [-0.3, -0.25) is 4.79 Å². The second-order valence-electron chi connectivity index (χ2n) is 5.90. The normalized spacial score (nSPS) is 26.1. The summed E-state index contributed by atoms with van der Waals surface area (Å²) in [5.41, 5.74) is 0. The highest BCUT2D eigenvalue weighted by atomic mass is 16.2. The molecule has 1 saturated heterocycles. The molecule has 0 spiro atoms. The molecule has 0 aromatic heterocycles. The van der Waals surface area contributed by atoms with Crippen LogP contribution in [0.1, 0.15) is 52.4 Å². The SMILES string of the molecule is CC(C)C1CCCN1C(=O)CNC1CCCC1. The van der Waals surface area contributed by atoms with Gasteiger partial charge in [-0.1, -0.05) is 26.7 Å². The van der Waals surface area contributed by atoms with Crippen molar-refractivity contribution in [1.82, 2.24) is 10.2 Å². The zero-order valence-corrected chi connectivity index (χ0v) is 11.2. The molecule has 1 saturated carbocycles. The number of carbonyl (C=O) groups is 1. The molecule has 1 atom stereocenters. The second kappa shape index (κ2) is 5.85. The highest BCUT2D eigenvalue weighted by molar-refractivity contribution is 5.79. The quantitative estimate of drug-likeness (QED) is 0.814. The summed E-state index contributed by atoms with van der Waals surface area (Å²) in [4.78, 5) is 14.3. The molecule has 98 valence electrons. The maximum absolute atomic E-state index is 12.2. The zero-order valence-electron chi connectivity index (χ0n) is 11.2. The highest BCUT2D eigenvalue weighted by Gasteiger charge is 2.30. The van der Waals surface area contributed by atoms with Crippen molar-refractivity contribution in [2.45, 2.75) is 64.5 Å². The molecule has 2 fully saturated rings. The Hall–Kier alpha value is -0.570. The van der Waals surface area contributed by atoms with Gasteiger partial charge in [-0.15, -0.1) is 0 Å². The molecule has 17 heavy (non-hydrogen) atoms. The van der Waals surface area contributed by atoms with Crippen molar-refractivity contribution < 1.29 is 4.79 Å². The predicted molar refractivity (Wildman–Crippen MR) is 69.8 cm³/mol. The molecule has 0 aromatic carbocycles. The van der Waals surface area contributed by atoms with Gasteiger partial charge in [-0.25, -0.2) is 0 Å². The summed E-state index contributed by atoms with van der Waals surface area (Å²) in [5, 5.41) is 3.43. The van der Waals surface area contributed by atoms with Crippen LogP contribution >= 0.6 is 0 Å². The first-order valence-corrected chi connectivity index (χ1v) is 7.21. The lowest BCUT2D eigenvalue weighted by molar-refractivity contribution is -0.131. The Kier molecular flexibility index (Phi) is 4.43. The van der Waals surface area contributed by atoms with Crippen LogP contribution in [0.3, 0.4) is 0 Å². The summed E-state index contributed by atoms with van der Waals surface area (Å²) in [5.74, 6) is 0.904. The van der Waals surface area contributed by atoms with E-state index in [1.807, 2.05) is 0 Å². The fourth-order valence-electron chi connectivity index (χ4n) is 3.26. The third-order valence-corrected chi connectivity index (χ3v) is 4.29. The molecular weight excluding hydrogens is 212 g/mol. The highest BCUT2D eigenvalue weighted by Crippen LogP contribution is 2.23. The van der Waals surface area contributed by atoms with E-state index in [1.54, 1.807) is 0 Å². The standard InChI is InChI=1S/C14H26N2O/c1-11(2)13-8-5-9-16(13)14(17)10-15-12-6-3-4-7-12/h11-13,15H,3-10H2,1-2H3. The molecule has 1 N–H and O–H groups in total. The zero-order chi connectivity index (χ0) is 12.3. The number of amides is 1. The second-order valence-corrected chi connectivity index (χ2v) is 5.90. The predicted octanol–water partition coefficient (Wildman–Crippen LogP) is 2.17. The first kappa shape index (κ1) is 12.9. The number of hydrogen-bond acceptors (Lipinski definition) is 2. The average Bonchev–Trinajstić information content (AvgIpc) is 2.96. The number of nitrogens with zero attached hydrogens (tertiary/aromatic N) is 1. The van der Waals surface area contributed by atoms with Gasteiger partial charge in [-0.2, -0.15) is 0 Å². The summed E-state index contributed by atoms with van der Waals surface area (Å²) >= 11 is 0. The molecule has 0 radical (unpaired) electrons. The average molecular weight is 238 g/mol. The van der Waals surface area contributed by atoms with E-state index in [0.717, 1.165) is 6.54 Å². The van der Waals surface area contributed by atoms with Crippen LogP contribution in [0.15, 0.2) is 0 Å². The first-order chi connectivity index (χ1) is 8.18. The lowest BCUT2D eigenvalue weighted by atomic mass is 10.0. The maximum Gasteiger partial charge on any atom is 0.236 e. The molecule has 1 heterocycles. The van der Waals surface area contributed by atoms with Gasteiger partial charge in [0.05, 0.1) is 6.54 Å². The van der Waals surface area contributed by atoms with E-state index in [4.69, 9.17) is 0 Å². The minimum atomic E-state index is 0.313. The van der Waals surface area contributed by atoms with Crippen molar-refractivity contribution in [3.8, 4) is 0 Å². The largest absolute Gasteiger partial charge is 0.338 e. The van der Waals surface area contributed by atoms with E-state index < -0.39 is 0 Å². The molecule has 1 aliphatic carbocycles. The van der Waals surface area contributed by atoms with Crippen LogP contribution in [0, 0.1) is 5.92 Å². The molecule has 0 aromatic rings.